The Labute approximate surface area is 88.0 Å². The third-order valence-corrected chi connectivity index (χ3v) is 2.94. The molecule has 1 heterocycles. The standard InChI is InChI=1S/C10H17N3O2/c1-12-9(13(2)15-10(12)14)11-8-6-4-3-5-7-8/h8H,3-7H2,1-2H3. The minimum absolute atomic E-state index is 0.355. The lowest BCUT2D eigenvalue weighted by Gasteiger charge is -2.16. The fourth-order valence-corrected chi connectivity index (χ4v) is 2.05. The van der Waals surface area contributed by atoms with E-state index in [9.17, 15) is 4.79 Å². The highest BCUT2D eigenvalue weighted by Crippen LogP contribution is 2.19. The van der Waals surface area contributed by atoms with Crippen molar-refractivity contribution in [3.05, 3.63) is 16.2 Å². The quantitative estimate of drug-likeness (QED) is 0.681. The molecule has 1 fully saturated rings. The third kappa shape index (κ3) is 2.06. The van der Waals surface area contributed by atoms with Crippen LogP contribution in [-0.2, 0) is 14.1 Å². The van der Waals surface area contributed by atoms with Crippen molar-refractivity contribution in [2.45, 2.75) is 38.1 Å². The van der Waals surface area contributed by atoms with Gasteiger partial charge in [0.25, 0.3) is 0 Å². The molecule has 84 valence electrons. The smallest absolute Gasteiger partial charge is 0.318 e. The number of nitrogens with zero attached hydrogens (tertiary/aromatic N) is 3. The van der Waals surface area contributed by atoms with Crippen LogP contribution < -0.4 is 11.4 Å². The van der Waals surface area contributed by atoms with Crippen LogP contribution in [0.25, 0.3) is 0 Å². The van der Waals surface area contributed by atoms with Crippen LogP contribution in [0, 0.1) is 0 Å². The maximum absolute atomic E-state index is 11.2. The number of aromatic nitrogens is 2. The van der Waals surface area contributed by atoms with Crippen LogP contribution in [0.2, 0.25) is 0 Å². The fourth-order valence-electron chi connectivity index (χ4n) is 2.05. The van der Waals surface area contributed by atoms with Crippen LogP contribution in [0.3, 0.4) is 0 Å². The van der Waals surface area contributed by atoms with E-state index in [1.165, 1.54) is 28.6 Å². The topological polar surface area (TPSA) is 52.4 Å². The first-order valence-corrected chi connectivity index (χ1v) is 5.45. The molecule has 1 aromatic heterocycles. The molecule has 0 atom stereocenters. The summed E-state index contributed by atoms with van der Waals surface area (Å²) < 4.78 is 7.81. The molecule has 0 amide bonds. The Morgan fingerprint density at radius 2 is 1.93 bits per heavy atom. The van der Waals surface area contributed by atoms with Crippen LogP contribution in [0.4, 0.5) is 0 Å². The van der Waals surface area contributed by atoms with E-state index in [1.807, 2.05) is 0 Å². The lowest BCUT2D eigenvalue weighted by atomic mass is 9.96. The second-order valence-electron chi connectivity index (χ2n) is 4.13. The van der Waals surface area contributed by atoms with Crippen LogP contribution >= 0.6 is 0 Å². The Hall–Kier alpha value is -1.26. The van der Waals surface area contributed by atoms with Crippen molar-refractivity contribution >= 4 is 0 Å². The largest absolute Gasteiger partial charge is 0.441 e. The molecule has 0 unspecified atom stereocenters. The minimum atomic E-state index is -0.355. The molecule has 0 aliphatic heterocycles. The van der Waals surface area contributed by atoms with Crippen LogP contribution in [0.5, 0.6) is 0 Å². The second kappa shape index (κ2) is 4.08. The zero-order valence-corrected chi connectivity index (χ0v) is 9.27. The summed E-state index contributed by atoms with van der Waals surface area (Å²) in [6, 6.07) is 0.355. The van der Waals surface area contributed by atoms with Crippen molar-refractivity contribution in [3.63, 3.8) is 0 Å². The van der Waals surface area contributed by atoms with Crippen molar-refractivity contribution in [2.75, 3.05) is 0 Å². The predicted molar refractivity (Wildman–Crippen MR) is 55.4 cm³/mol. The highest BCUT2D eigenvalue weighted by atomic mass is 16.5. The summed E-state index contributed by atoms with van der Waals surface area (Å²) in [6.45, 7) is 0. The Morgan fingerprint density at radius 1 is 1.27 bits per heavy atom. The first-order chi connectivity index (χ1) is 7.18. The number of aryl methyl sites for hydroxylation is 1. The van der Waals surface area contributed by atoms with Gasteiger partial charge in [-0.05, 0) is 12.8 Å². The van der Waals surface area contributed by atoms with Gasteiger partial charge in [-0.2, -0.15) is 4.74 Å². The summed E-state index contributed by atoms with van der Waals surface area (Å²) >= 11 is 0. The summed E-state index contributed by atoms with van der Waals surface area (Å²) in [5.41, 5.74) is 0.631. The molecule has 1 aliphatic rings. The summed E-state index contributed by atoms with van der Waals surface area (Å²) in [5, 5.41) is 0. The van der Waals surface area contributed by atoms with E-state index >= 15 is 0 Å². The first-order valence-electron chi connectivity index (χ1n) is 5.45. The van der Waals surface area contributed by atoms with Crippen molar-refractivity contribution in [1.82, 2.24) is 9.31 Å². The molecule has 1 saturated carbocycles. The molecular formula is C10H17N3O2. The normalized spacial score (nSPS) is 19.7. The molecular weight excluding hydrogens is 194 g/mol. The molecule has 2 rings (SSSR count). The van der Waals surface area contributed by atoms with E-state index in [0.717, 1.165) is 12.8 Å². The Balaban J connectivity index is 2.34. The molecule has 0 aromatic carbocycles. The number of hydrogen-bond donors (Lipinski definition) is 0. The maximum Gasteiger partial charge on any atom is 0.441 e. The van der Waals surface area contributed by atoms with Gasteiger partial charge in [0, 0.05) is 14.1 Å². The van der Waals surface area contributed by atoms with E-state index in [-0.39, 0.29) is 5.76 Å². The first kappa shape index (κ1) is 10.3. The molecule has 0 N–H and O–H groups in total. The van der Waals surface area contributed by atoms with Gasteiger partial charge in [-0.3, -0.25) is 0 Å². The highest BCUT2D eigenvalue weighted by molar-refractivity contribution is 4.73. The molecule has 0 bridgehead atoms. The lowest BCUT2D eigenvalue weighted by molar-refractivity contribution is 0.271. The third-order valence-electron chi connectivity index (χ3n) is 2.94. The Morgan fingerprint density at radius 3 is 2.47 bits per heavy atom. The Kier molecular flexibility index (Phi) is 2.79. The SMILES string of the molecule is Cn1oc(=O)n(C)c1=NC1CCCCC1. The number of rotatable bonds is 1. The van der Waals surface area contributed by atoms with Crippen molar-refractivity contribution < 1.29 is 4.52 Å². The monoisotopic (exact) mass is 211 g/mol. The summed E-state index contributed by atoms with van der Waals surface area (Å²) in [7, 11) is 3.40. The van der Waals surface area contributed by atoms with Crippen LogP contribution in [0.1, 0.15) is 32.1 Å². The molecule has 5 heteroatoms. The van der Waals surface area contributed by atoms with Crippen molar-refractivity contribution in [3.8, 4) is 0 Å². The zero-order chi connectivity index (χ0) is 10.8. The van der Waals surface area contributed by atoms with E-state index in [0.29, 0.717) is 11.7 Å². The molecule has 0 saturated heterocycles. The van der Waals surface area contributed by atoms with Gasteiger partial charge in [-0.15, -0.1) is 0 Å². The molecule has 5 nitrogen and oxygen atoms in total. The average molecular weight is 211 g/mol. The maximum atomic E-state index is 11.2. The number of hydrogen-bond acceptors (Lipinski definition) is 3. The molecule has 0 spiro atoms. The summed E-state index contributed by atoms with van der Waals surface area (Å²) in [4.78, 5) is 15.8. The Bertz CT molecular complexity index is 446. The molecule has 1 aliphatic carbocycles. The van der Waals surface area contributed by atoms with Crippen molar-refractivity contribution in [2.24, 2.45) is 19.1 Å². The van der Waals surface area contributed by atoms with Gasteiger partial charge in [0.2, 0.25) is 5.62 Å². The lowest BCUT2D eigenvalue weighted by Crippen LogP contribution is -2.29. The van der Waals surface area contributed by atoms with E-state index < -0.39 is 0 Å². The van der Waals surface area contributed by atoms with Gasteiger partial charge in [-0.25, -0.2) is 14.4 Å². The molecule has 15 heavy (non-hydrogen) atoms. The van der Waals surface area contributed by atoms with E-state index in [1.54, 1.807) is 14.1 Å². The molecule has 0 radical (unpaired) electrons. The second-order valence-corrected chi connectivity index (χ2v) is 4.13. The summed E-state index contributed by atoms with van der Waals surface area (Å²) in [6.07, 6.45) is 6.04. The van der Waals surface area contributed by atoms with Gasteiger partial charge >= 0.3 is 5.76 Å². The van der Waals surface area contributed by atoms with Crippen LogP contribution in [0.15, 0.2) is 14.3 Å². The van der Waals surface area contributed by atoms with E-state index in [4.69, 9.17) is 4.52 Å². The highest BCUT2D eigenvalue weighted by Gasteiger charge is 2.13. The van der Waals surface area contributed by atoms with Gasteiger partial charge < -0.3 is 4.52 Å². The van der Waals surface area contributed by atoms with Gasteiger partial charge in [0.15, 0.2) is 0 Å². The van der Waals surface area contributed by atoms with Gasteiger partial charge in [-0.1, -0.05) is 19.3 Å². The van der Waals surface area contributed by atoms with Gasteiger partial charge in [0.1, 0.15) is 0 Å². The van der Waals surface area contributed by atoms with Gasteiger partial charge in [0.05, 0.1) is 6.04 Å². The van der Waals surface area contributed by atoms with Crippen LogP contribution in [-0.4, -0.2) is 15.3 Å². The zero-order valence-electron chi connectivity index (χ0n) is 9.27. The van der Waals surface area contributed by atoms with Crippen molar-refractivity contribution in [1.29, 1.82) is 0 Å². The average Bonchev–Trinajstić information content (AvgIpc) is 2.47. The van der Waals surface area contributed by atoms with E-state index in [2.05, 4.69) is 4.99 Å². The minimum Gasteiger partial charge on any atom is -0.318 e. The molecule has 1 aromatic rings. The fraction of sp³-hybridized carbons (Fsp3) is 0.800. The predicted octanol–water partition coefficient (Wildman–Crippen LogP) is 0.550. The summed E-state index contributed by atoms with van der Waals surface area (Å²) in [5.74, 6) is -0.355.